The molecule has 0 bridgehead atoms. The highest BCUT2D eigenvalue weighted by Crippen LogP contribution is 2.27. The molecule has 5 rings (SSSR count). The van der Waals surface area contributed by atoms with Gasteiger partial charge in [0.05, 0.1) is 29.1 Å². The van der Waals surface area contributed by atoms with Gasteiger partial charge in [0.1, 0.15) is 29.2 Å². The molecule has 0 aliphatic rings. The summed E-state index contributed by atoms with van der Waals surface area (Å²) in [7, 11) is 0. The summed E-state index contributed by atoms with van der Waals surface area (Å²) >= 11 is 0. The molecule has 2 aromatic heterocycles. The molecule has 0 saturated carbocycles. The second-order valence-electron chi connectivity index (χ2n) is 9.64. The largest absolute Gasteiger partial charge is 0.399 e. The van der Waals surface area contributed by atoms with Gasteiger partial charge in [0.25, 0.3) is 5.91 Å². The summed E-state index contributed by atoms with van der Waals surface area (Å²) in [6.45, 7) is 2.17. The fraction of sp³-hybridized carbons (Fsp3) is 0.0938. The van der Waals surface area contributed by atoms with Crippen LogP contribution in [0.3, 0.4) is 0 Å². The van der Waals surface area contributed by atoms with Gasteiger partial charge in [-0.2, -0.15) is 5.26 Å². The number of nitrogens with one attached hydrogen (secondary N) is 2. The Bertz CT molecular complexity index is 1780. The fourth-order valence-electron chi connectivity index (χ4n) is 4.36. The lowest BCUT2D eigenvalue weighted by atomic mass is 10.1. The first-order valence-corrected chi connectivity index (χ1v) is 13.1. The quantitative estimate of drug-likeness (QED) is 0.182. The molecule has 1 amide bonds. The number of carbonyl (C=O) groups is 1. The first-order chi connectivity index (χ1) is 20.3. The first kappa shape index (κ1) is 27.7. The van der Waals surface area contributed by atoms with Crippen LogP contribution in [-0.2, 0) is 6.54 Å². The molecule has 1 atom stereocenters. The summed E-state index contributed by atoms with van der Waals surface area (Å²) in [6.07, 6.45) is 3.03. The highest BCUT2D eigenvalue weighted by molar-refractivity contribution is 5.99. The van der Waals surface area contributed by atoms with Crippen LogP contribution in [0.1, 0.15) is 40.0 Å². The average molecular weight is 559 g/mol. The van der Waals surface area contributed by atoms with Crippen molar-refractivity contribution in [1.82, 2.24) is 20.3 Å². The lowest BCUT2D eigenvalue weighted by Crippen LogP contribution is -2.28. The van der Waals surface area contributed by atoms with Crippen molar-refractivity contribution in [2.24, 2.45) is 0 Å². The Kier molecular flexibility index (Phi) is 8.02. The molecule has 6 N–H and O–H groups in total. The van der Waals surface area contributed by atoms with Crippen LogP contribution in [0.2, 0.25) is 0 Å². The number of rotatable bonds is 8. The van der Waals surface area contributed by atoms with E-state index in [9.17, 15) is 14.4 Å². The van der Waals surface area contributed by atoms with E-state index in [1.54, 1.807) is 37.4 Å². The molecule has 0 radical (unpaired) electrons. The summed E-state index contributed by atoms with van der Waals surface area (Å²) in [6, 6.07) is 24.0. The van der Waals surface area contributed by atoms with Gasteiger partial charge in [-0.3, -0.25) is 4.79 Å². The minimum absolute atomic E-state index is 0.228. The van der Waals surface area contributed by atoms with Crippen LogP contribution in [0, 0.1) is 17.1 Å². The molecule has 208 valence electrons. The van der Waals surface area contributed by atoms with Crippen LogP contribution in [-0.4, -0.2) is 20.9 Å². The van der Waals surface area contributed by atoms with Gasteiger partial charge in [-0.25, -0.2) is 19.3 Å². The number of aromatic nitrogens is 3. The molecular formula is C32H27FN8O. The summed E-state index contributed by atoms with van der Waals surface area (Å²) < 4.78 is 13.3. The van der Waals surface area contributed by atoms with E-state index in [1.807, 2.05) is 42.5 Å². The van der Waals surface area contributed by atoms with E-state index >= 15 is 0 Å². The smallest absolute Gasteiger partial charge is 0.255 e. The summed E-state index contributed by atoms with van der Waals surface area (Å²) in [4.78, 5) is 26.5. The van der Waals surface area contributed by atoms with Crippen molar-refractivity contribution in [3.05, 3.63) is 119 Å². The topological polar surface area (TPSA) is 156 Å². The van der Waals surface area contributed by atoms with Crippen molar-refractivity contribution in [2.75, 3.05) is 16.8 Å². The number of nitrogen functional groups attached to an aromatic ring is 2. The van der Waals surface area contributed by atoms with Crippen LogP contribution in [0.25, 0.3) is 22.5 Å². The molecule has 0 fully saturated rings. The van der Waals surface area contributed by atoms with E-state index in [1.165, 1.54) is 24.4 Å². The molecule has 0 spiro atoms. The number of halogens is 1. The predicted octanol–water partition coefficient (Wildman–Crippen LogP) is 5.48. The predicted molar refractivity (Wildman–Crippen MR) is 160 cm³/mol. The minimum atomic E-state index is -0.410. The molecule has 42 heavy (non-hydrogen) atoms. The van der Waals surface area contributed by atoms with Gasteiger partial charge < -0.3 is 22.1 Å². The lowest BCUT2D eigenvalue weighted by Gasteiger charge is -2.16. The zero-order chi connectivity index (χ0) is 29.6. The van der Waals surface area contributed by atoms with E-state index in [2.05, 4.69) is 20.6 Å². The van der Waals surface area contributed by atoms with Gasteiger partial charge in [0.2, 0.25) is 0 Å². The molecule has 0 saturated heterocycles. The number of nitriles is 1. The summed E-state index contributed by atoms with van der Waals surface area (Å²) in [5.41, 5.74) is 17.6. The molecule has 0 aliphatic carbocycles. The Hall–Kier alpha value is -5.82. The maximum atomic E-state index is 13.3. The second-order valence-corrected chi connectivity index (χ2v) is 9.64. The number of nitrogens with two attached hydrogens (primary N) is 2. The molecule has 2 heterocycles. The summed E-state index contributed by atoms with van der Waals surface area (Å²) in [5, 5.41) is 15.4. The standard InChI is InChI=1S/C32H27FN8O/c1-19(22-9-11-25(33)12-10-22)40-32(42)27-13-21(15-34)17-39-31(27)38-16-20-5-7-23(8-6-20)28-18-37-30(36)29(41-28)24-3-2-4-26(35)14-24/h2-14,17-19H,16,35H2,1H3,(H2,36,37)(H,38,39)(H,40,42)/t19-/m0/s1. The monoisotopic (exact) mass is 558 g/mol. The minimum Gasteiger partial charge on any atom is -0.399 e. The van der Waals surface area contributed by atoms with E-state index < -0.39 is 5.91 Å². The van der Waals surface area contributed by atoms with Gasteiger partial charge in [0.15, 0.2) is 0 Å². The van der Waals surface area contributed by atoms with E-state index in [4.69, 9.17) is 16.5 Å². The first-order valence-electron chi connectivity index (χ1n) is 13.1. The molecule has 0 aliphatic heterocycles. The third kappa shape index (κ3) is 6.32. The van der Waals surface area contributed by atoms with Crippen LogP contribution in [0.15, 0.2) is 91.3 Å². The molecule has 10 heteroatoms. The molecule has 3 aromatic carbocycles. The van der Waals surface area contributed by atoms with Crippen molar-refractivity contribution in [1.29, 1.82) is 5.26 Å². The Morgan fingerprint density at radius 1 is 0.976 bits per heavy atom. The van der Waals surface area contributed by atoms with Gasteiger partial charge in [0, 0.05) is 29.6 Å². The van der Waals surface area contributed by atoms with Crippen molar-refractivity contribution in [3.63, 3.8) is 0 Å². The fourth-order valence-corrected chi connectivity index (χ4v) is 4.36. The van der Waals surface area contributed by atoms with Gasteiger partial charge in [-0.15, -0.1) is 0 Å². The van der Waals surface area contributed by atoms with Gasteiger partial charge in [-0.05, 0) is 48.4 Å². The van der Waals surface area contributed by atoms with Crippen LogP contribution in [0.4, 0.5) is 21.7 Å². The summed E-state index contributed by atoms with van der Waals surface area (Å²) in [5.74, 6) is -0.121. The van der Waals surface area contributed by atoms with Crippen LogP contribution < -0.4 is 22.1 Å². The molecular weight excluding hydrogens is 531 g/mol. The Morgan fingerprint density at radius 2 is 1.74 bits per heavy atom. The van der Waals surface area contributed by atoms with E-state index in [0.29, 0.717) is 35.3 Å². The van der Waals surface area contributed by atoms with Crippen molar-refractivity contribution in [3.8, 4) is 28.6 Å². The van der Waals surface area contributed by atoms with Crippen molar-refractivity contribution < 1.29 is 9.18 Å². The third-order valence-electron chi connectivity index (χ3n) is 6.65. The average Bonchev–Trinajstić information content (AvgIpc) is 3.00. The number of benzene rings is 3. The highest BCUT2D eigenvalue weighted by Gasteiger charge is 2.17. The number of anilines is 3. The number of nitrogens with zero attached hydrogens (tertiary/aromatic N) is 4. The van der Waals surface area contributed by atoms with E-state index in [-0.39, 0.29) is 23.0 Å². The second kappa shape index (κ2) is 12.1. The van der Waals surface area contributed by atoms with E-state index in [0.717, 1.165) is 22.3 Å². The normalized spacial score (nSPS) is 11.4. The lowest BCUT2D eigenvalue weighted by molar-refractivity contribution is 0.0940. The SMILES string of the molecule is C[C@H](NC(=O)c1cc(C#N)cnc1NCc1ccc(-c2cnc(N)c(-c3cccc(N)c3)n2)cc1)c1ccc(F)cc1. The molecule has 0 unspecified atom stereocenters. The zero-order valence-electron chi connectivity index (χ0n) is 22.7. The van der Waals surface area contributed by atoms with Gasteiger partial charge in [-0.1, -0.05) is 48.5 Å². The highest BCUT2D eigenvalue weighted by atomic mass is 19.1. The maximum absolute atomic E-state index is 13.3. The number of hydrogen-bond acceptors (Lipinski definition) is 8. The van der Waals surface area contributed by atoms with Crippen molar-refractivity contribution >= 4 is 23.2 Å². The molecule has 5 aromatic rings. The third-order valence-corrected chi connectivity index (χ3v) is 6.65. The van der Waals surface area contributed by atoms with Crippen LogP contribution >= 0.6 is 0 Å². The Balaban J connectivity index is 1.31. The number of pyridine rings is 1. The Labute approximate surface area is 242 Å². The maximum Gasteiger partial charge on any atom is 0.255 e. The zero-order valence-corrected chi connectivity index (χ0v) is 22.7. The number of hydrogen-bond donors (Lipinski definition) is 4. The van der Waals surface area contributed by atoms with Crippen LogP contribution in [0.5, 0.6) is 0 Å². The number of amides is 1. The van der Waals surface area contributed by atoms with Crippen molar-refractivity contribution in [2.45, 2.75) is 19.5 Å². The Morgan fingerprint density at radius 3 is 2.45 bits per heavy atom. The molecule has 9 nitrogen and oxygen atoms in total. The number of carbonyl (C=O) groups excluding carboxylic acids is 1. The van der Waals surface area contributed by atoms with Gasteiger partial charge >= 0.3 is 0 Å².